The smallest absolute Gasteiger partial charge is 0.270 e. The number of benzene rings is 3. The number of amides is 2. The number of nitrogens with zero attached hydrogens (tertiary/aromatic N) is 2. The lowest BCUT2D eigenvalue weighted by Gasteiger charge is -2.16. The number of nitro groups is 1. The predicted molar refractivity (Wildman–Crippen MR) is 138 cm³/mol. The number of sulfonamides is 1. The van der Waals surface area contributed by atoms with Crippen molar-refractivity contribution in [2.24, 2.45) is 0 Å². The molecular formula is C25H22N4O6S. The number of anilines is 3. The second-order valence-electron chi connectivity index (χ2n) is 7.94. The van der Waals surface area contributed by atoms with E-state index in [1.807, 2.05) is 0 Å². The van der Waals surface area contributed by atoms with Crippen molar-refractivity contribution in [2.75, 3.05) is 20.7 Å². The molecule has 3 aromatic carbocycles. The van der Waals surface area contributed by atoms with E-state index in [9.17, 15) is 28.1 Å². The molecule has 1 aliphatic heterocycles. The Kier molecular flexibility index (Phi) is 6.58. The highest BCUT2D eigenvalue weighted by molar-refractivity contribution is 7.92. The first kappa shape index (κ1) is 24.6. The van der Waals surface area contributed by atoms with Crippen molar-refractivity contribution in [1.82, 2.24) is 0 Å². The van der Waals surface area contributed by atoms with Gasteiger partial charge in [-0.05, 0) is 42.8 Å². The van der Waals surface area contributed by atoms with Crippen LogP contribution in [0.4, 0.5) is 22.7 Å². The Morgan fingerprint density at radius 1 is 1.00 bits per heavy atom. The van der Waals surface area contributed by atoms with Crippen LogP contribution in [0.2, 0.25) is 0 Å². The molecule has 0 aromatic heterocycles. The molecule has 1 aliphatic rings. The van der Waals surface area contributed by atoms with Crippen LogP contribution in [0.5, 0.6) is 0 Å². The van der Waals surface area contributed by atoms with Gasteiger partial charge in [0, 0.05) is 36.0 Å². The molecule has 3 aromatic rings. The van der Waals surface area contributed by atoms with Gasteiger partial charge in [0.05, 0.1) is 27.6 Å². The van der Waals surface area contributed by atoms with Gasteiger partial charge in [-0.25, -0.2) is 13.3 Å². The third kappa shape index (κ3) is 4.82. The predicted octanol–water partition coefficient (Wildman–Crippen LogP) is 4.23. The number of nitro benzene ring substituents is 1. The summed E-state index contributed by atoms with van der Waals surface area (Å²) >= 11 is 0. The molecule has 0 fully saturated rings. The van der Waals surface area contributed by atoms with Crippen molar-refractivity contribution in [2.45, 2.75) is 13.8 Å². The summed E-state index contributed by atoms with van der Waals surface area (Å²) in [5.74, 6) is -1.21. The molecule has 4 rings (SSSR count). The van der Waals surface area contributed by atoms with E-state index in [1.165, 1.54) is 32.0 Å². The SMILES string of the molecule is CCS(=O)(=O)Nc1ccc(N/C(=C2\C(=O)N(C(C)=O)c3ccc([N+](=O)[O-])cc32)c2ccccc2)cc1. The van der Waals surface area contributed by atoms with Crippen LogP contribution in [0.25, 0.3) is 11.3 Å². The Morgan fingerprint density at radius 3 is 2.22 bits per heavy atom. The van der Waals surface area contributed by atoms with Crippen molar-refractivity contribution in [1.29, 1.82) is 0 Å². The molecule has 0 spiro atoms. The Hall–Kier alpha value is -4.51. The quantitative estimate of drug-likeness (QED) is 0.278. The molecule has 36 heavy (non-hydrogen) atoms. The van der Waals surface area contributed by atoms with Crippen molar-refractivity contribution in [3.63, 3.8) is 0 Å². The summed E-state index contributed by atoms with van der Waals surface area (Å²) in [5, 5.41) is 14.6. The highest BCUT2D eigenvalue weighted by atomic mass is 32.2. The Labute approximate surface area is 207 Å². The van der Waals surface area contributed by atoms with Gasteiger partial charge in [-0.15, -0.1) is 0 Å². The summed E-state index contributed by atoms with van der Waals surface area (Å²) in [5.41, 5.74) is 2.25. The van der Waals surface area contributed by atoms with E-state index < -0.39 is 26.8 Å². The van der Waals surface area contributed by atoms with Crippen LogP contribution in [-0.4, -0.2) is 30.9 Å². The standard InChI is InChI=1S/C25H22N4O6S/c1-3-36(34,35)27-19-11-9-18(10-12-19)26-24(17-7-5-4-6-8-17)23-21-15-20(29(32)33)13-14-22(21)28(16(2)30)25(23)31/h4-15,26-27H,3H2,1-2H3/b24-23-. The molecule has 0 aliphatic carbocycles. The van der Waals surface area contributed by atoms with Gasteiger partial charge in [-0.2, -0.15) is 0 Å². The molecule has 0 saturated carbocycles. The van der Waals surface area contributed by atoms with Crippen LogP contribution in [0.1, 0.15) is 25.0 Å². The first-order valence-corrected chi connectivity index (χ1v) is 12.6. The third-order valence-corrected chi connectivity index (χ3v) is 6.86. The average molecular weight is 507 g/mol. The van der Waals surface area contributed by atoms with Crippen LogP contribution in [0.3, 0.4) is 0 Å². The fraction of sp³-hybridized carbons (Fsp3) is 0.120. The van der Waals surface area contributed by atoms with Gasteiger partial charge in [0.2, 0.25) is 15.9 Å². The molecule has 2 N–H and O–H groups in total. The number of fused-ring (bicyclic) bond motifs is 1. The van der Waals surface area contributed by atoms with E-state index >= 15 is 0 Å². The molecule has 0 bridgehead atoms. The normalized spacial score (nSPS) is 14.3. The summed E-state index contributed by atoms with van der Waals surface area (Å²) in [6.45, 7) is 2.78. The van der Waals surface area contributed by atoms with E-state index in [0.29, 0.717) is 22.6 Å². The number of imide groups is 1. The van der Waals surface area contributed by atoms with Crippen LogP contribution < -0.4 is 14.9 Å². The fourth-order valence-corrected chi connectivity index (χ4v) is 4.46. The molecule has 184 valence electrons. The summed E-state index contributed by atoms with van der Waals surface area (Å²) < 4.78 is 26.2. The zero-order valence-electron chi connectivity index (χ0n) is 19.4. The number of hydrogen-bond acceptors (Lipinski definition) is 7. The Balaban J connectivity index is 1.87. The van der Waals surface area contributed by atoms with Gasteiger partial charge in [0.25, 0.3) is 11.6 Å². The van der Waals surface area contributed by atoms with Crippen LogP contribution in [-0.2, 0) is 19.6 Å². The number of rotatable bonds is 7. The third-order valence-electron chi connectivity index (χ3n) is 5.55. The van der Waals surface area contributed by atoms with E-state index in [4.69, 9.17) is 0 Å². The zero-order chi connectivity index (χ0) is 26.0. The van der Waals surface area contributed by atoms with Crippen LogP contribution in [0.15, 0.2) is 72.8 Å². The molecule has 1 heterocycles. The van der Waals surface area contributed by atoms with Gasteiger partial charge in [-0.3, -0.25) is 24.4 Å². The molecule has 0 saturated heterocycles. The summed E-state index contributed by atoms with van der Waals surface area (Å²) in [6, 6.07) is 19.2. The van der Waals surface area contributed by atoms with E-state index in [2.05, 4.69) is 10.0 Å². The van der Waals surface area contributed by atoms with Gasteiger partial charge in [-0.1, -0.05) is 30.3 Å². The number of non-ortho nitro benzene ring substituents is 1. The lowest BCUT2D eigenvalue weighted by Crippen LogP contribution is -2.31. The fourth-order valence-electron chi connectivity index (χ4n) is 3.82. The Morgan fingerprint density at radius 2 is 1.64 bits per heavy atom. The van der Waals surface area contributed by atoms with Crippen LogP contribution in [0, 0.1) is 10.1 Å². The summed E-state index contributed by atoms with van der Waals surface area (Å²) in [6.07, 6.45) is 0. The molecule has 0 atom stereocenters. The largest absolute Gasteiger partial charge is 0.354 e. The first-order valence-electron chi connectivity index (χ1n) is 10.9. The highest BCUT2D eigenvalue weighted by Gasteiger charge is 2.38. The maximum atomic E-state index is 13.5. The molecule has 2 amide bonds. The number of carbonyl (C=O) groups is 2. The number of nitrogens with one attached hydrogen (secondary N) is 2. The second kappa shape index (κ2) is 9.62. The molecular weight excluding hydrogens is 484 g/mol. The van der Waals surface area contributed by atoms with Gasteiger partial charge in [0.15, 0.2) is 0 Å². The minimum atomic E-state index is -3.45. The van der Waals surface area contributed by atoms with Gasteiger partial charge in [0.1, 0.15) is 0 Å². The van der Waals surface area contributed by atoms with E-state index in [-0.39, 0.29) is 28.3 Å². The minimum absolute atomic E-state index is 0.0719. The monoisotopic (exact) mass is 506 g/mol. The van der Waals surface area contributed by atoms with E-state index in [0.717, 1.165) is 4.90 Å². The average Bonchev–Trinajstić information content (AvgIpc) is 3.15. The molecule has 11 heteroatoms. The van der Waals surface area contributed by atoms with Crippen molar-refractivity contribution in [3.05, 3.63) is 94.0 Å². The van der Waals surface area contributed by atoms with Gasteiger partial charge < -0.3 is 5.32 Å². The Bertz CT molecular complexity index is 1500. The topological polar surface area (TPSA) is 139 Å². The minimum Gasteiger partial charge on any atom is -0.354 e. The first-order chi connectivity index (χ1) is 17.1. The lowest BCUT2D eigenvalue weighted by molar-refractivity contribution is -0.384. The van der Waals surface area contributed by atoms with Crippen molar-refractivity contribution < 1.29 is 22.9 Å². The maximum Gasteiger partial charge on any atom is 0.270 e. The number of carbonyl (C=O) groups excluding carboxylic acids is 2. The second-order valence-corrected chi connectivity index (χ2v) is 9.95. The zero-order valence-corrected chi connectivity index (χ0v) is 20.2. The summed E-state index contributed by atoms with van der Waals surface area (Å²) in [7, 11) is -3.45. The van der Waals surface area contributed by atoms with Gasteiger partial charge >= 0.3 is 0 Å². The molecule has 0 unspecified atom stereocenters. The van der Waals surface area contributed by atoms with Crippen molar-refractivity contribution >= 4 is 55.9 Å². The lowest BCUT2D eigenvalue weighted by atomic mass is 9.99. The number of hydrogen-bond donors (Lipinski definition) is 2. The summed E-state index contributed by atoms with van der Waals surface area (Å²) in [4.78, 5) is 37.7. The van der Waals surface area contributed by atoms with Crippen LogP contribution >= 0.6 is 0 Å². The molecule has 0 radical (unpaired) electrons. The maximum absolute atomic E-state index is 13.5. The van der Waals surface area contributed by atoms with E-state index in [1.54, 1.807) is 54.6 Å². The highest BCUT2D eigenvalue weighted by Crippen LogP contribution is 2.42. The van der Waals surface area contributed by atoms with Crippen molar-refractivity contribution in [3.8, 4) is 0 Å². The molecule has 10 nitrogen and oxygen atoms in total.